The van der Waals surface area contributed by atoms with Crippen LogP contribution in [0.1, 0.15) is 33.1 Å². The molecule has 2 nitrogen and oxygen atoms in total. The highest BCUT2D eigenvalue weighted by Crippen LogP contribution is 2.29. The summed E-state index contributed by atoms with van der Waals surface area (Å²) in [6, 6.07) is 0. The van der Waals surface area contributed by atoms with E-state index in [4.69, 9.17) is 0 Å². The quantitative estimate of drug-likeness (QED) is 0.573. The molecule has 0 spiro atoms. The Hall–Kier alpha value is -0.150. The Morgan fingerprint density at radius 1 is 1.56 bits per heavy atom. The summed E-state index contributed by atoms with van der Waals surface area (Å²) >= 11 is 0. The lowest BCUT2D eigenvalue weighted by atomic mass is 9.80. The van der Waals surface area contributed by atoms with Gasteiger partial charge in [-0.25, -0.2) is 0 Å². The number of rotatable bonds is 6. The molecule has 0 aliphatic heterocycles. The van der Waals surface area contributed by atoms with Gasteiger partial charge >= 0.3 is 0 Å². The molecule has 0 unspecified atom stereocenters. The molecule has 0 radical (unpaired) electrons. The number of hydrogen-bond donors (Lipinski definition) is 1. The molecule has 3 atom stereocenters. The molecule has 0 aromatic rings. The number of allylic oxidation sites excluding steroid dienone is 1. The lowest BCUT2D eigenvalue weighted by Gasteiger charge is -2.29. The summed E-state index contributed by atoms with van der Waals surface area (Å²) in [4.78, 5) is 0. The number of nitrogens with one attached hydrogen (secondary N) is 1. The summed E-state index contributed by atoms with van der Waals surface area (Å²) in [5, 5.41) is 3.50. The Morgan fingerprint density at radius 3 is 2.94 bits per heavy atom. The van der Waals surface area contributed by atoms with Crippen molar-refractivity contribution in [1.82, 2.24) is 5.32 Å². The Bertz CT molecular complexity index is 263. The van der Waals surface area contributed by atoms with E-state index in [1.807, 2.05) is 0 Å². The van der Waals surface area contributed by atoms with Gasteiger partial charge in [-0.05, 0) is 44.6 Å². The minimum atomic E-state index is -0.639. The monoisotopic (exact) mass is 243 g/mol. The molecule has 1 aliphatic rings. The van der Waals surface area contributed by atoms with E-state index in [-0.39, 0.29) is 0 Å². The summed E-state index contributed by atoms with van der Waals surface area (Å²) in [5.74, 6) is 2.33. The van der Waals surface area contributed by atoms with Crippen LogP contribution in [0.25, 0.3) is 0 Å². The molecule has 0 amide bonds. The highest BCUT2D eigenvalue weighted by Gasteiger charge is 2.21. The molecule has 94 valence electrons. The average Bonchev–Trinajstić information content (AvgIpc) is 2.21. The first-order valence-corrected chi connectivity index (χ1v) is 8.01. The maximum Gasteiger partial charge on any atom is 0.0244 e. The van der Waals surface area contributed by atoms with Crippen molar-refractivity contribution < 1.29 is 4.21 Å². The molecule has 0 bridgehead atoms. The van der Waals surface area contributed by atoms with E-state index in [1.165, 1.54) is 12.8 Å². The normalized spacial score (nSPS) is 27.6. The second-order valence-corrected chi connectivity index (χ2v) is 6.50. The zero-order chi connectivity index (χ0) is 12.0. The van der Waals surface area contributed by atoms with Crippen LogP contribution >= 0.6 is 0 Å². The molecule has 16 heavy (non-hydrogen) atoms. The zero-order valence-electron chi connectivity index (χ0n) is 10.8. The van der Waals surface area contributed by atoms with Crippen molar-refractivity contribution in [3.63, 3.8) is 0 Å². The molecular formula is C13H25NOS. The predicted octanol–water partition coefficient (Wildman–Crippen LogP) is 2.34. The van der Waals surface area contributed by atoms with Gasteiger partial charge in [-0.3, -0.25) is 4.21 Å². The first-order chi connectivity index (χ1) is 7.61. The van der Waals surface area contributed by atoms with Crippen molar-refractivity contribution in [2.75, 3.05) is 25.1 Å². The smallest absolute Gasteiger partial charge is 0.0244 e. The second kappa shape index (κ2) is 7.23. The highest BCUT2D eigenvalue weighted by atomic mass is 32.2. The fourth-order valence-electron chi connectivity index (χ4n) is 2.40. The van der Waals surface area contributed by atoms with Gasteiger partial charge in [-0.1, -0.05) is 18.6 Å². The molecule has 1 rings (SSSR count). The van der Waals surface area contributed by atoms with Gasteiger partial charge in [-0.15, -0.1) is 0 Å². The van der Waals surface area contributed by atoms with E-state index in [2.05, 4.69) is 25.2 Å². The van der Waals surface area contributed by atoms with E-state index in [0.29, 0.717) is 5.92 Å². The Balaban J connectivity index is 2.18. The third kappa shape index (κ3) is 4.79. The van der Waals surface area contributed by atoms with Crippen LogP contribution in [0.5, 0.6) is 0 Å². The topological polar surface area (TPSA) is 29.1 Å². The van der Waals surface area contributed by atoms with Crippen LogP contribution in [0, 0.1) is 11.8 Å². The first-order valence-electron chi connectivity index (χ1n) is 6.28. The summed E-state index contributed by atoms with van der Waals surface area (Å²) in [6.07, 6.45) is 7.75. The molecule has 0 aromatic heterocycles. The third-order valence-electron chi connectivity index (χ3n) is 3.51. The minimum Gasteiger partial charge on any atom is -0.316 e. The van der Waals surface area contributed by atoms with Crippen molar-refractivity contribution in [3.8, 4) is 0 Å². The van der Waals surface area contributed by atoms with Gasteiger partial charge in [0.1, 0.15) is 0 Å². The number of hydrogen-bond acceptors (Lipinski definition) is 2. The van der Waals surface area contributed by atoms with Crippen molar-refractivity contribution in [1.29, 1.82) is 0 Å². The molecule has 0 aromatic carbocycles. The van der Waals surface area contributed by atoms with Crippen LogP contribution in [-0.4, -0.2) is 29.3 Å². The van der Waals surface area contributed by atoms with Gasteiger partial charge in [0.25, 0.3) is 0 Å². The average molecular weight is 243 g/mol. The van der Waals surface area contributed by atoms with E-state index in [9.17, 15) is 4.21 Å². The van der Waals surface area contributed by atoms with E-state index in [0.717, 1.165) is 31.2 Å². The van der Waals surface area contributed by atoms with Crippen LogP contribution in [0.3, 0.4) is 0 Å². The molecule has 0 heterocycles. The van der Waals surface area contributed by atoms with Crippen LogP contribution in [0.4, 0.5) is 0 Å². The van der Waals surface area contributed by atoms with E-state index < -0.39 is 10.8 Å². The minimum absolute atomic E-state index is 0.639. The first kappa shape index (κ1) is 13.9. The lowest BCUT2D eigenvalue weighted by molar-refractivity contribution is 0.351. The molecule has 1 aliphatic carbocycles. The SMILES string of the molecule is CC1=CCC[C@H](C)[C@@H]1CNCCC[S@](C)=O. The van der Waals surface area contributed by atoms with Gasteiger partial charge in [0.15, 0.2) is 0 Å². The summed E-state index contributed by atoms with van der Waals surface area (Å²) < 4.78 is 10.9. The van der Waals surface area contributed by atoms with Crippen molar-refractivity contribution >= 4 is 10.8 Å². The molecule has 3 heteroatoms. The van der Waals surface area contributed by atoms with Crippen molar-refractivity contribution in [3.05, 3.63) is 11.6 Å². The molecule has 0 saturated heterocycles. The van der Waals surface area contributed by atoms with Gasteiger partial charge in [-0.2, -0.15) is 0 Å². The summed E-state index contributed by atoms with van der Waals surface area (Å²) in [6.45, 7) is 6.68. The maximum absolute atomic E-state index is 10.9. The summed E-state index contributed by atoms with van der Waals surface area (Å²) in [7, 11) is -0.639. The summed E-state index contributed by atoms with van der Waals surface area (Å²) in [5.41, 5.74) is 1.55. The second-order valence-electron chi connectivity index (χ2n) is 4.94. The van der Waals surface area contributed by atoms with Crippen LogP contribution in [0.15, 0.2) is 11.6 Å². The third-order valence-corrected chi connectivity index (χ3v) is 4.37. The van der Waals surface area contributed by atoms with Crippen molar-refractivity contribution in [2.24, 2.45) is 11.8 Å². The van der Waals surface area contributed by atoms with Gasteiger partial charge in [0.2, 0.25) is 0 Å². The van der Waals surface area contributed by atoms with Gasteiger partial charge in [0, 0.05) is 29.4 Å². The lowest BCUT2D eigenvalue weighted by Crippen LogP contribution is -2.30. The highest BCUT2D eigenvalue weighted by molar-refractivity contribution is 7.84. The maximum atomic E-state index is 10.9. The Morgan fingerprint density at radius 2 is 2.31 bits per heavy atom. The van der Waals surface area contributed by atoms with Gasteiger partial charge < -0.3 is 5.32 Å². The van der Waals surface area contributed by atoms with E-state index in [1.54, 1.807) is 11.8 Å². The molecular weight excluding hydrogens is 218 g/mol. The Labute approximate surface area is 102 Å². The molecule has 1 N–H and O–H groups in total. The standard InChI is InChI=1S/C13H25NOS/c1-11-6-4-7-12(2)13(11)10-14-8-5-9-16(3)15/h6,12-14H,4-5,7-10H2,1-3H3/t12-,13+,16-/m0/s1. The van der Waals surface area contributed by atoms with Crippen LogP contribution in [0.2, 0.25) is 0 Å². The molecule has 0 fully saturated rings. The van der Waals surface area contributed by atoms with Crippen LogP contribution in [-0.2, 0) is 10.8 Å². The fourth-order valence-corrected chi connectivity index (χ4v) is 2.95. The molecule has 0 saturated carbocycles. The Kier molecular flexibility index (Phi) is 6.29. The van der Waals surface area contributed by atoms with E-state index >= 15 is 0 Å². The largest absolute Gasteiger partial charge is 0.316 e. The fraction of sp³-hybridized carbons (Fsp3) is 0.846. The zero-order valence-corrected chi connectivity index (χ0v) is 11.6. The van der Waals surface area contributed by atoms with Gasteiger partial charge in [0.05, 0.1) is 0 Å². The van der Waals surface area contributed by atoms with Crippen molar-refractivity contribution in [2.45, 2.75) is 33.1 Å². The van der Waals surface area contributed by atoms with Crippen LogP contribution < -0.4 is 5.32 Å². The predicted molar refractivity (Wildman–Crippen MR) is 72.1 cm³/mol.